The van der Waals surface area contributed by atoms with E-state index in [9.17, 15) is 10.2 Å². The molecule has 2 unspecified atom stereocenters. The van der Waals surface area contributed by atoms with Gasteiger partial charge >= 0.3 is 0 Å². The van der Waals surface area contributed by atoms with Crippen molar-refractivity contribution in [3.8, 4) is 0 Å². The highest BCUT2D eigenvalue weighted by Gasteiger charge is 2.16. The molecule has 0 aliphatic heterocycles. The summed E-state index contributed by atoms with van der Waals surface area (Å²) in [5, 5.41) is 19.2. The van der Waals surface area contributed by atoms with Crippen LogP contribution in [-0.4, -0.2) is 16.3 Å². The van der Waals surface area contributed by atoms with Gasteiger partial charge in [0.2, 0.25) is 0 Å². The molecule has 2 N–H and O–H groups in total. The molecule has 2 atom stereocenters. The second-order valence-electron chi connectivity index (χ2n) is 3.21. The Bertz CT molecular complexity index is 234. The summed E-state index contributed by atoms with van der Waals surface area (Å²) in [5.41, 5.74) is 0.781. The molecule has 0 radical (unpaired) electrons. The van der Waals surface area contributed by atoms with Crippen molar-refractivity contribution in [1.29, 1.82) is 0 Å². The van der Waals surface area contributed by atoms with Crippen LogP contribution >= 0.6 is 0 Å². The molecule has 0 aliphatic carbocycles. The largest absolute Gasteiger partial charge is 0.390 e. The van der Waals surface area contributed by atoms with Crippen molar-refractivity contribution < 1.29 is 10.2 Å². The summed E-state index contributed by atoms with van der Waals surface area (Å²) in [6, 6.07) is 9.25. The van der Waals surface area contributed by atoms with Gasteiger partial charge in [0, 0.05) is 0 Å². The Morgan fingerprint density at radius 2 is 1.60 bits per heavy atom. The van der Waals surface area contributed by atoms with Crippen LogP contribution in [0.4, 0.5) is 0 Å². The molecule has 0 heterocycles. The van der Waals surface area contributed by atoms with E-state index in [1.807, 2.05) is 51.1 Å². The first kappa shape index (κ1) is 14.1. The normalized spacial score (nSPS) is 13.7. The minimum Gasteiger partial charge on any atom is -0.390 e. The van der Waals surface area contributed by atoms with E-state index in [1.165, 1.54) is 0 Å². The van der Waals surface area contributed by atoms with E-state index >= 15 is 0 Å². The van der Waals surface area contributed by atoms with Gasteiger partial charge in [0.1, 0.15) is 6.10 Å². The predicted molar refractivity (Wildman–Crippen MR) is 63.7 cm³/mol. The first-order valence-corrected chi connectivity index (χ1v) is 5.66. The van der Waals surface area contributed by atoms with Crippen LogP contribution in [0.5, 0.6) is 0 Å². The number of aliphatic hydroxyl groups excluding tert-OH is 2. The molecule has 2 nitrogen and oxygen atoms in total. The summed E-state index contributed by atoms with van der Waals surface area (Å²) < 4.78 is 0. The second kappa shape index (κ2) is 8.45. The molecule has 86 valence electrons. The molecular weight excluding hydrogens is 188 g/mol. The van der Waals surface area contributed by atoms with Gasteiger partial charge in [-0.3, -0.25) is 0 Å². The molecule has 0 amide bonds. The van der Waals surface area contributed by atoms with Crippen molar-refractivity contribution in [3.63, 3.8) is 0 Å². The van der Waals surface area contributed by atoms with Gasteiger partial charge in [-0.25, -0.2) is 0 Å². The molecule has 0 bridgehead atoms. The van der Waals surface area contributed by atoms with Crippen LogP contribution in [0.1, 0.15) is 45.3 Å². The van der Waals surface area contributed by atoms with Crippen molar-refractivity contribution >= 4 is 0 Å². The lowest BCUT2D eigenvalue weighted by Crippen LogP contribution is -2.17. The Morgan fingerprint density at radius 3 is 2.07 bits per heavy atom. The standard InChI is InChI=1S/C11H16O2.C2H6/c1-2-6-10(12)11(13)9-7-4-3-5-8-9;1-2/h3-5,7-8,10-13H,2,6H2,1H3;1-2H3. The highest BCUT2D eigenvalue weighted by molar-refractivity contribution is 5.18. The first-order valence-electron chi connectivity index (χ1n) is 5.66. The van der Waals surface area contributed by atoms with E-state index in [0.29, 0.717) is 6.42 Å². The molecule has 0 fully saturated rings. The Morgan fingerprint density at radius 1 is 1.07 bits per heavy atom. The highest BCUT2D eigenvalue weighted by Crippen LogP contribution is 2.18. The van der Waals surface area contributed by atoms with Gasteiger partial charge in [-0.15, -0.1) is 0 Å². The van der Waals surface area contributed by atoms with Crippen LogP contribution in [0.15, 0.2) is 30.3 Å². The third-order valence-electron chi connectivity index (χ3n) is 2.09. The highest BCUT2D eigenvalue weighted by atomic mass is 16.3. The lowest BCUT2D eigenvalue weighted by Gasteiger charge is -2.17. The topological polar surface area (TPSA) is 40.5 Å². The maximum atomic E-state index is 9.67. The summed E-state index contributed by atoms with van der Waals surface area (Å²) in [7, 11) is 0. The minimum atomic E-state index is -0.749. The van der Waals surface area contributed by atoms with E-state index in [4.69, 9.17) is 0 Å². The van der Waals surface area contributed by atoms with Gasteiger partial charge in [-0.1, -0.05) is 57.5 Å². The third-order valence-corrected chi connectivity index (χ3v) is 2.09. The average molecular weight is 210 g/mol. The predicted octanol–water partition coefficient (Wildman–Crippen LogP) is 2.91. The number of benzene rings is 1. The molecular formula is C13H22O2. The summed E-state index contributed by atoms with van der Waals surface area (Å²) in [4.78, 5) is 0. The number of aliphatic hydroxyl groups is 2. The zero-order chi connectivity index (χ0) is 11.7. The molecule has 0 saturated carbocycles. The molecule has 15 heavy (non-hydrogen) atoms. The quantitative estimate of drug-likeness (QED) is 0.802. The molecule has 1 aromatic carbocycles. The number of rotatable bonds is 4. The Labute approximate surface area is 92.6 Å². The second-order valence-corrected chi connectivity index (χ2v) is 3.21. The van der Waals surface area contributed by atoms with Crippen LogP contribution < -0.4 is 0 Å². The minimum absolute atomic E-state index is 0.635. The molecule has 1 rings (SSSR count). The van der Waals surface area contributed by atoms with E-state index in [0.717, 1.165) is 12.0 Å². The van der Waals surface area contributed by atoms with E-state index < -0.39 is 12.2 Å². The molecule has 2 heteroatoms. The van der Waals surface area contributed by atoms with Gasteiger partial charge in [0.15, 0.2) is 0 Å². The summed E-state index contributed by atoms with van der Waals surface area (Å²) in [6.45, 7) is 5.99. The summed E-state index contributed by atoms with van der Waals surface area (Å²) >= 11 is 0. The van der Waals surface area contributed by atoms with Crippen LogP contribution in [0.2, 0.25) is 0 Å². The molecule has 0 aromatic heterocycles. The van der Waals surface area contributed by atoms with Crippen molar-refractivity contribution in [1.82, 2.24) is 0 Å². The number of hydrogen-bond acceptors (Lipinski definition) is 2. The lowest BCUT2D eigenvalue weighted by molar-refractivity contribution is 0.0131. The molecule has 0 saturated heterocycles. The average Bonchev–Trinajstić information content (AvgIpc) is 2.32. The monoisotopic (exact) mass is 210 g/mol. The van der Waals surface area contributed by atoms with Crippen molar-refractivity contribution in [2.24, 2.45) is 0 Å². The first-order chi connectivity index (χ1) is 7.25. The van der Waals surface area contributed by atoms with Crippen LogP contribution in [0.3, 0.4) is 0 Å². The fraction of sp³-hybridized carbons (Fsp3) is 0.538. The Balaban J connectivity index is 0.000000921. The van der Waals surface area contributed by atoms with Crippen molar-refractivity contribution in [3.05, 3.63) is 35.9 Å². The van der Waals surface area contributed by atoms with E-state index in [-0.39, 0.29) is 0 Å². The summed E-state index contributed by atoms with van der Waals surface area (Å²) in [6.07, 6.45) is 0.120. The van der Waals surface area contributed by atoms with Gasteiger partial charge in [0.05, 0.1) is 6.10 Å². The number of hydrogen-bond donors (Lipinski definition) is 2. The van der Waals surface area contributed by atoms with Gasteiger partial charge in [0.25, 0.3) is 0 Å². The zero-order valence-electron chi connectivity index (χ0n) is 9.85. The smallest absolute Gasteiger partial charge is 0.105 e. The SMILES string of the molecule is CC.CCCC(O)C(O)c1ccccc1. The zero-order valence-corrected chi connectivity index (χ0v) is 9.85. The maximum absolute atomic E-state index is 9.67. The van der Waals surface area contributed by atoms with Gasteiger partial charge < -0.3 is 10.2 Å². The van der Waals surface area contributed by atoms with Crippen molar-refractivity contribution in [2.45, 2.75) is 45.8 Å². The lowest BCUT2D eigenvalue weighted by atomic mass is 10.0. The van der Waals surface area contributed by atoms with E-state index in [1.54, 1.807) is 0 Å². The summed E-state index contributed by atoms with van der Waals surface area (Å²) in [5.74, 6) is 0. The van der Waals surface area contributed by atoms with Crippen molar-refractivity contribution in [2.75, 3.05) is 0 Å². The fourth-order valence-electron chi connectivity index (χ4n) is 1.33. The van der Waals surface area contributed by atoms with Crippen LogP contribution in [-0.2, 0) is 0 Å². The molecule has 0 aliphatic rings. The van der Waals surface area contributed by atoms with Crippen LogP contribution in [0.25, 0.3) is 0 Å². The fourth-order valence-corrected chi connectivity index (χ4v) is 1.33. The maximum Gasteiger partial charge on any atom is 0.105 e. The Kier molecular flexibility index (Phi) is 7.96. The van der Waals surface area contributed by atoms with E-state index in [2.05, 4.69) is 0 Å². The molecule has 0 spiro atoms. The van der Waals surface area contributed by atoms with Gasteiger partial charge in [-0.2, -0.15) is 0 Å². The van der Waals surface area contributed by atoms with Crippen LogP contribution in [0, 0.1) is 0 Å². The molecule has 1 aromatic rings. The Hall–Kier alpha value is -0.860. The third kappa shape index (κ3) is 4.96. The van der Waals surface area contributed by atoms with Gasteiger partial charge in [-0.05, 0) is 12.0 Å².